The summed E-state index contributed by atoms with van der Waals surface area (Å²) in [4.78, 5) is 25.4. The number of likely N-dealkylation sites (tertiary alicyclic amines) is 1. The molecule has 0 aromatic heterocycles. The molecule has 6 heteroatoms. The molecule has 0 radical (unpaired) electrons. The Balaban J connectivity index is 1.95. The van der Waals surface area contributed by atoms with E-state index >= 15 is 0 Å². The summed E-state index contributed by atoms with van der Waals surface area (Å²) >= 11 is 0. The highest BCUT2D eigenvalue weighted by Gasteiger charge is 2.52. The molecule has 2 aliphatic rings. The number of rotatable bonds is 2. The van der Waals surface area contributed by atoms with Crippen molar-refractivity contribution in [2.24, 2.45) is 5.41 Å². The molecule has 0 aromatic rings. The van der Waals surface area contributed by atoms with Gasteiger partial charge in [0, 0.05) is 19.6 Å². The molecule has 22 heavy (non-hydrogen) atoms. The van der Waals surface area contributed by atoms with Gasteiger partial charge >= 0.3 is 12.1 Å². The van der Waals surface area contributed by atoms with Crippen LogP contribution in [0, 0.1) is 5.41 Å². The topological polar surface area (TPSA) is 78.9 Å². The first-order valence-corrected chi connectivity index (χ1v) is 8.08. The van der Waals surface area contributed by atoms with Gasteiger partial charge in [0.2, 0.25) is 0 Å². The van der Waals surface area contributed by atoms with Crippen LogP contribution in [0.15, 0.2) is 0 Å². The summed E-state index contributed by atoms with van der Waals surface area (Å²) in [7, 11) is 0. The lowest BCUT2D eigenvalue weighted by atomic mass is 9.73. The number of nitrogens with one attached hydrogen (secondary N) is 1. The third-order valence-electron chi connectivity index (χ3n) is 4.97. The lowest BCUT2D eigenvalue weighted by molar-refractivity contribution is -0.144. The van der Waals surface area contributed by atoms with Crippen LogP contribution in [-0.4, -0.2) is 52.8 Å². The Bertz CT molecular complexity index is 450. The van der Waals surface area contributed by atoms with Crippen molar-refractivity contribution < 1.29 is 19.4 Å². The van der Waals surface area contributed by atoms with Gasteiger partial charge in [0.15, 0.2) is 0 Å². The van der Waals surface area contributed by atoms with E-state index in [1.165, 1.54) is 0 Å². The second-order valence-corrected chi connectivity index (χ2v) is 7.74. The molecule has 2 aliphatic heterocycles. The van der Waals surface area contributed by atoms with Gasteiger partial charge in [0.05, 0.1) is 0 Å². The minimum Gasteiger partial charge on any atom is -0.480 e. The van der Waals surface area contributed by atoms with Crippen LogP contribution in [0.2, 0.25) is 0 Å². The molecule has 2 saturated heterocycles. The number of amides is 1. The maximum atomic E-state index is 12.1. The first-order chi connectivity index (χ1) is 10.1. The Morgan fingerprint density at radius 1 is 1.27 bits per heavy atom. The molecule has 0 aliphatic carbocycles. The Hall–Kier alpha value is -1.30. The monoisotopic (exact) mass is 312 g/mol. The molecule has 1 amide bonds. The third-order valence-corrected chi connectivity index (χ3v) is 4.97. The first kappa shape index (κ1) is 17.1. The Morgan fingerprint density at radius 3 is 2.27 bits per heavy atom. The van der Waals surface area contributed by atoms with Gasteiger partial charge in [-0.05, 0) is 51.9 Å². The zero-order chi connectivity index (χ0) is 16.6. The van der Waals surface area contributed by atoms with Gasteiger partial charge in [0.25, 0.3) is 0 Å². The average molecular weight is 312 g/mol. The van der Waals surface area contributed by atoms with E-state index in [0.29, 0.717) is 25.9 Å². The van der Waals surface area contributed by atoms with Gasteiger partial charge in [-0.2, -0.15) is 0 Å². The lowest BCUT2D eigenvalue weighted by Gasteiger charge is -2.39. The van der Waals surface area contributed by atoms with E-state index in [9.17, 15) is 14.7 Å². The largest absolute Gasteiger partial charge is 0.480 e. The number of hydrogen-bond acceptors (Lipinski definition) is 4. The van der Waals surface area contributed by atoms with Crippen LogP contribution in [0.4, 0.5) is 4.79 Å². The van der Waals surface area contributed by atoms with E-state index in [-0.39, 0.29) is 11.5 Å². The number of piperidine rings is 1. The molecule has 0 aromatic carbocycles. The summed E-state index contributed by atoms with van der Waals surface area (Å²) < 4.78 is 5.41. The summed E-state index contributed by atoms with van der Waals surface area (Å²) in [6, 6.07) is 0. The van der Waals surface area contributed by atoms with Crippen LogP contribution in [0.1, 0.15) is 53.4 Å². The smallest absolute Gasteiger partial charge is 0.410 e. The van der Waals surface area contributed by atoms with Gasteiger partial charge in [-0.25, -0.2) is 4.79 Å². The van der Waals surface area contributed by atoms with Gasteiger partial charge in [-0.15, -0.1) is 0 Å². The maximum absolute atomic E-state index is 12.1. The molecule has 2 rings (SSSR count). The number of carbonyl (C=O) groups is 2. The molecule has 2 fully saturated rings. The second-order valence-electron chi connectivity index (χ2n) is 7.74. The van der Waals surface area contributed by atoms with Crippen LogP contribution in [0.3, 0.4) is 0 Å². The SMILES string of the molecule is CC[C@@]1(C(=O)O)CC2(CCN(C(=O)OC(C)(C)C)CC2)CN1. The Labute approximate surface area is 132 Å². The zero-order valence-corrected chi connectivity index (χ0v) is 14.1. The van der Waals surface area contributed by atoms with Crippen LogP contribution >= 0.6 is 0 Å². The molecule has 1 atom stereocenters. The summed E-state index contributed by atoms with van der Waals surface area (Å²) in [5.41, 5.74) is -1.29. The van der Waals surface area contributed by atoms with Crippen molar-refractivity contribution in [1.29, 1.82) is 0 Å². The summed E-state index contributed by atoms with van der Waals surface area (Å²) in [6.07, 6.45) is 2.62. The summed E-state index contributed by atoms with van der Waals surface area (Å²) in [5, 5.41) is 12.7. The van der Waals surface area contributed by atoms with Gasteiger partial charge in [-0.3, -0.25) is 4.79 Å². The standard InChI is InChI=1S/C16H28N2O4/c1-5-16(12(19)20)10-15(11-17-16)6-8-18(9-7-15)13(21)22-14(2,3)4/h17H,5-11H2,1-4H3,(H,19,20)/t16-/m0/s1. The Morgan fingerprint density at radius 2 is 1.86 bits per heavy atom. The number of ether oxygens (including phenoxy) is 1. The molecule has 0 saturated carbocycles. The number of carbonyl (C=O) groups excluding carboxylic acids is 1. The first-order valence-electron chi connectivity index (χ1n) is 8.08. The second kappa shape index (κ2) is 5.72. The van der Waals surface area contributed by atoms with Crippen molar-refractivity contribution in [3.05, 3.63) is 0 Å². The minimum atomic E-state index is -0.798. The van der Waals surface area contributed by atoms with E-state index in [4.69, 9.17) is 4.74 Å². The minimum absolute atomic E-state index is 0.00703. The zero-order valence-electron chi connectivity index (χ0n) is 14.1. The van der Waals surface area contributed by atoms with Crippen LogP contribution in [0.25, 0.3) is 0 Å². The average Bonchev–Trinajstić information content (AvgIpc) is 2.78. The fourth-order valence-electron chi connectivity index (χ4n) is 3.52. The molecule has 2 N–H and O–H groups in total. The molecule has 2 heterocycles. The molecule has 0 bridgehead atoms. The molecular weight excluding hydrogens is 284 g/mol. The predicted octanol–water partition coefficient (Wildman–Crippen LogP) is 2.23. The highest BCUT2D eigenvalue weighted by Crippen LogP contribution is 2.44. The molecule has 6 nitrogen and oxygen atoms in total. The normalized spacial score (nSPS) is 27.9. The maximum Gasteiger partial charge on any atom is 0.410 e. The Kier molecular flexibility index (Phi) is 4.44. The van der Waals surface area contributed by atoms with Crippen LogP contribution < -0.4 is 5.32 Å². The fourth-order valence-corrected chi connectivity index (χ4v) is 3.52. The highest BCUT2D eigenvalue weighted by atomic mass is 16.6. The lowest BCUT2D eigenvalue weighted by Crippen LogP contribution is -2.47. The summed E-state index contributed by atoms with van der Waals surface area (Å²) in [5.74, 6) is -0.763. The molecule has 1 spiro atoms. The number of carboxylic acids is 1. The van der Waals surface area contributed by atoms with E-state index in [1.807, 2.05) is 27.7 Å². The summed E-state index contributed by atoms with van der Waals surface area (Å²) in [6.45, 7) is 9.48. The van der Waals surface area contributed by atoms with Crippen molar-refractivity contribution in [1.82, 2.24) is 10.2 Å². The fraction of sp³-hybridized carbons (Fsp3) is 0.875. The van der Waals surface area contributed by atoms with Crippen molar-refractivity contribution in [3.8, 4) is 0 Å². The van der Waals surface area contributed by atoms with Gasteiger partial charge in [-0.1, -0.05) is 6.92 Å². The van der Waals surface area contributed by atoms with E-state index in [1.54, 1.807) is 4.90 Å². The van der Waals surface area contributed by atoms with E-state index in [2.05, 4.69) is 5.32 Å². The molecule has 0 unspecified atom stereocenters. The molecule has 126 valence electrons. The van der Waals surface area contributed by atoms with Crippen molar-refractivity contribution in [2.75, 3.05) is 19.6 Å². The van der Waals surface area contributed by atoms with E-state index < -0.39 is 17.1 Å². The van der Waals surface area contributed by atoms with Crippen molar-refractivity contribution >= 4 is 12.1 Å². The number of nitrogens with zero attached hydrogens (tertiary/aromatic N) is 1. The van der Waals surface area contributed by atoms with Crippen LogP contribution in [0.5, 0.6) is 0 Å². The molecular formula is C16H28N2O4. The number of carboxylic acid groups (broad SMARTS) is 1. The van der Waals surface area contributed by atoms with Crippen molar-refractivity contribution in [3.63, 3.8) is 0 Å². The van der Waals surface area contributed by atoms with E-state index in [0.717, 1.165) is 19.4 Å². The van der Waals surface area contributed by atoms with Crippen LogP contribution in [-0.2, 0) is 9.53 Å². The van der Waals surface area contributed by atoms with Gasteiger partial charge in [0.1, 0.15) is 11.1 Å². The number of aliphatic carboxylic acids is 1. The predicted molar refractivity (Wildman–Crippen MR) is 82.8 cm³/mol. The quantitative estimate of drug-likeness (QED) is 0.817. The third kappa shape index (κ3) is 3.37. The number of hydrogen-bond donors (Lipinski definition) is 2. The van der Waals surface area contributed by atoms with Crippen molar-refractivity contribution in [2.45, 2.75) is 64.5 Å². The van der Waals surface area contributed by atoms with Gasteiger partial charge < -0.3 is 20.1 Å². The highest BCUT2D eigenvalue weighted by molar-refractivity contribution is 5.79.